The third-order valence-electron chi connectivity index (χ3n) is 3.58. The molecule has 3 nitrogen and oxygen atoms in total. The summed E-state index contributed by atoms with van der Waals surface area (Å²) < 4.78 is 0. The van der Waals surface area contributed by atoms with E-state index in [-0.39, 0.29) is 11.9 Å². The van der Waals surface area contributed by atoms with Crippen molar-refractivity contribution < 1.29 is 4.79 Å². The second kappa shape index (κ2) is 7.17. The summed E-state index contributed by atoms with van der Waals surface area (Å²) in [5, 5.41) is 0. The largest absolute Gasteiger partial charge is 0.398 e. The van der Waals surface area contributed by atoms with E-state index in [1.165, 1.54) is 0 Å². The Kier molecular flexibility index (Phi) is 5.87. The molecule has 2 N–H and O–H groups in total. The summed E-state index contributed by atoms with van der Waals surface area (Å²) in [5.41, 5.74) is 8.22. The molecule has 0 aliphatic rings. The van der Waals surface area contributed by atoms with Gasteiger partial charge in [0.1, 0.15) is 0 Å². The van der Waals surface area contributed by atoms with Crippen LogP contribution in [-0.2, 0) is 0 Å². The number of nitrogen functional groups attached to an aromatic ring is 1. The molecule has 0 aliphatic carbocycles. The van der Waals surface area contributed by atoms with E-state index in [1.54, 1.807) is 0 Å². The van der Waals surface area contributed by atoms with Crippen LogP contribution in [0, 0.1) is 6.92 Å². The normalized spacial score (nSPS) is 12.2. The number of unbranched alkanes of at least 4 members (excludes halogenated alkanes) is 1. The van der Waals surface area contributed by atoms with Crippen LogP contribution in [0.5, 0.6) is 0 Å². The molecule has 1 unspecified atom stereocenters. The molecule has 0 aromatic heterocycles. The summed E-state index contributed by atoms with van der Waals surface area (Å²) in [6.45, 7) is 9.13. The fraction of sp³-hybridized carbons (Fsp3) is 0.562. The molecule has 1 atom stereocenters. The van der Waals surface area contributed by atoms with Crippen molar-refractivity contribution in [3.05, 3.63) is 29.3 Å². The van der Waals surface area contributed by atoms with Gasteiger partial charge in [0.15, 0.2) is 0 Å². The molecular weight excluding hydrogens is 236 g/mol. The number of carbonyl (C=O) groups is 1. The first-order chi connectivity index (χ1) is 9.01. The van der Waals surface area contributed by atoms with E-state index in [1.807, 2.05) is 30.0 Å². The minimum absolute atomic E-state index is 0.0593. The Bertz CT molecular complexity index is 429. The first-order valence-electron chi connectivity index (χ1n) is 7.18. The Morgan fingerprint density at radius 2 is 2.05 bits per heavy atom. The molecule has 0 radical (unpaired) electrons. The fourth-order valence-electron chi connectivity index (χ4n) is 2.08. The van der Waals surface area contributed by atoms with Crippen LogP contribution >= 0.6 is 0 Å². The number of nitrogens with zero attached hydrogens (tertiary/aromatic N) is 1. The number of carbonyl (C=O) groups excluding carboxylic acids is 1. The van der Waals surface area contributed by atoms with Crippen LogP contribution in [0.2, 0.25) is 0 Å². The van der Waals surface area contributed by atoms with Crippen LogP contribution < -0.4 is 5.73 Å². The van der Waals surface area contributed by atoms with Gasteiger partial charge in [-0.05, 0) is 38.8 Å². The number of anilines is 1. The predicted molar refractivity (Wildman–Crippen MR) is 81.3 cm³/mol. The van der Waals surface area contributed by atoms with Crippen LogP contribution in [0.15, 0.2) is 18.2 Å². The average Bonchev–Trinajstić information content (AvgIpc) is 2.41. The van der Waals surface area contributed by atoms with E-state index in [4.69, 9.17) is 5.73 Å². The molecule has 0 saturated carbocycles. The second-order valence-electron chi connectivity index (χ2n) is 5.20. The molecule has 3 heteroatoms. The van der Waals surface area contributed by atoms with Crippen LogP contribution in [0.1, 0.15) is 56.0 Å². The van der Waals surface area contributed by atoms with Gasteiger partial charge in [-0.2, -0.15) is 0 Å². The number of hydrogen-bond acceptors (Lipinski definition) is 2. The number of nitrogens with two attached hydrogens (primary N) is 1. The predicted octanol–water partition coefficient (Wildman–Crippen LogP) is 3.62. The smallest absolute Gasteiger partial charge is 0.256 e. The van der Waals surface area contributed by atoms with Crippen molar-refractivity contribution in [3.63, 3.8) is 0 Å². The summed E-state index contributed by atoms with van der Waals surface area (Å²) in [5.74, 6) is 0.0593. The van der Waals surface area contributed by atoms with E-state index in [0.29, 0.717) is 11.3 Å². The topological polar surface area (TPSA) is 46.3 Å². The Morgan fingerprint density at radius 1 is 1.37 bits per heavy atom. The van der Waals surface area contributed by atoms with E-state index >= 15 is 0 Å². The van der Waals surface area contributed by atoms with Crippen molar-refractivity contribution in [2.75, 3.05) is 12.3 Å². The monoisotopic (exact) mass is 262 g/mol. The molecule has 0 bridgehead atoms. The van der Waals surface area contributed by atoms with Crippen molar-refractivity contribution in [3.8, 4) is 0 Å². The highest BCUT2D eigenvalue weighted by Crippen LogP contribution is 2.19. The number of hydrogen-bond donors (Lipinski definition) is 1. The molecular formula is C16H26N2O. The summed E-state index contributed by atoms with van der Waals surface area (Å²) >= 11 is 0. The minimum Gasteiger partial charge on any atom is -0.398 e. The Labute approximate surface area is 116 Å². The van der Waals surface area contributed by atoms with Crippen LogP contribution in [0.3, 0.4) is 0 Å². The van der Waals surface area contributed by atoms with Crippen molar-refractivity contribution in [1.29, 1.82) is 0 Å². The van der Waals surface area contributed by atoms with Gasteiger partial charge in [0.25, 0.3) is 5.91 Å². The number of benzene rings is 1. The molecule has 0 heterocycles. The van der Waals surface area contributed by atoms with Gasteiger partial charge in [-0.15, -0.1) is 0 Å². The highest BCUT2D eigenvalue weighted by molar-refractivity contribution is 5.99. The highest BCUT2D eigenvalue weighted by atomic mass is 16.2. The van der Waals surface area contributed by atoms with E-state index in [9.17, 15) is 4.79 Å². The molecule has 0 aliphatic heterocycles. The van der Waals surface area contributed by atoms with Crippen molar-refractivity contribution in [1.82, 2.24) is 4.90 Å². The lowest BCUT2D eigenvalue weighted by atomic mass is 10.1. The summed E-state index contributed by atoms with van der Waals surface area (Å²) in [7, 11) is 0. The minimum atomic E-state index is 0.0593. The third kappa shape index (κ3) is 3.98. The molecule has 0 spiro atoms. The zero-order chi connectivity index (χ0) is 14.4. The molecule has 19 heavy (non-hydrogen) atoms. The molecule has 1 amide bonds. The number of rotatable bonds is 6. The lowest BCUT2D eigenvalue weighted by Crippen LogP contribution is -2.39. The molecule has 0 saturated heterocycles. The zero-order valence-electron chi connectivity index (χ0n) is 12.6. The van der Waals surface area contributed by atoms with E-state index in [0.717, 1.165) is 31.4 Å². The molecule has 106 valence electrons. The first kappa shape index (κ1) is 15.5. The summed E-state index contributed by atoms with van der Waals surface area (Å²) in [6.07, 6.45) is 3.08. The van der Waals surface area contributed by atoms with Crippen molar-refractivity contribution in [2.45, 2.75) is 53.0 Å². The fourth-order valence-corrected chi connectivity index (χ4v) is 2.08. The Hall–Kier alpha value is -1.51. The van der Waals surface area contributed by atoms with Gasteiger partial charge in [0, 0.05) is 18.3 Å². The maximum atomic E-state index is 12.7. The first-order valence-corrected chi connectivity index (χ1v) is 7.18. The molecule has 1 aromatic rings. The summed E-state index contributed by atoms with van der Waals surface area (Å²) in [4.78, 5) is 14.6. The van der Waals surface area contributed by atoms with E-state index in [2.05, 4.69) is 20.8 Å². The lowest BCUT2D eigenvalue weighted by Gasteiger charge is -2.29. The van der Waals surface area contributed by atoms with E-state index < -0.39 is 0 Å². The lowest BCUT2D eigenvalue weighted by molar-refractivity contribution is 0.0686. The van der Waals surface area contributed by atoms with Crippen LogP contribution in [0.4, 0.5) is 5.69 Å². The third-order valence-corrected chi connectivity index (χ3v) is 3.58. The molecule has 1 aromatic carbocycles. The second-order valence-corrected chi connectivity index (χ2v) is 5.20. The van der Waals surface area contributed by atoms with Gasteiger partial charge >= 0.3 is 0 Å². The molecule has 1 rings (SSSR count). The van der Waals surface area contributed by atoms with Gasteiger partial charge in [-0.3, -0.25) is 4.79 Å². The van der Waals surface area contributed by atoms with Gasteiger partial charge in [-0.1, -0.05) is 31.9 Å². The van der Waals surface area contributed by atoms with Gasteiger partial charge in [0.2, 0.25) is 0 Å². The Balaban J connectivity index is 3.00. The van der Waals surface area contributed by atoms with Gasteiger partial charge < -0.3 is 10.6 Å². The average molecular weight is 262 g/mol. The SMILES string of the molecule is CCCCN(C(=O)c1cc(C)ccc1N)C(C)CC. The highest BCUT2D eigenvalue weighted by Gasteiger charge is 2.21. The van der Waals surface area contributed by atoms with Gasteiger partial charge in [0.05, 0.1) is 5.56 Å². The zero-order valence-corrected chi connectivity index (χ0v) is 12.6. The maximum absolute atomic E-state index is 12.7. The number of aryl methyl sites for hydroxylation is 1. The van der Waals surface area contributed by atoms with Crippen molar-refractivity contribution >= 4 is 11.6 Å². The quantitative estimate of drug-likeness (QED) is 0.796. The summed E-state index contributed by atoms with van der Waals surface area (Å²) in [6, 6.07) is 5.89. The maximum Gasteiger partial charge on any atom is 0.256 e. The standard InChI is InChI=1S/C16H26N2O/c1-5-7-10-18(13(4)6-2)16(19)14-11-12(3)8-9-15(14)17/h8-9,11,13H,5-7,10,17H2,1-4H3. The Morgan fingerprint density at radius 3 is 2.63 bits per heavy atom. The van der Waals surface area contributed by atoms with Crippen molar-refractivity contribution in [2.24, 2.45) is 0 Å². The van der Waals surface area contributed by atoms with Crippen LogP contribution in [0.25, 0.3) is 0 Å². The van der Waals surface area contributed by atoms with Gasteiger partial charge in [-0.25, -0.2) is 0 Å². The number of amides is 1. The molecule has 0 fully saturated rings. The van der Waals surface area contributed by atoms with Crippen LogP contribution in [-0.4, -0.2) is 23.4 Å².